The SMILES string of the molecule is COCCN(CCOC)C1=NC(=O)C(=Cc2ccc3c(cnn3Cc3ccc(Cl)cc3C(F)(F)F)c2)S1. The summed E-state index contributed by atoms with van der Waals surface area (Å²) in [6.07, 6.45) is -1.20. The van der Waals surface area contributed by atoms with E-state index in [0.717, 1.165) is 17.0 Å². The Hall–Kier alpha value is -2.86. The van der Waals surface area contributed by atoms with Gasteiger partial charge in [0.2, 0.25) is 0 Å². The lowest BCUT2D eigenvalue weighted by molar-refractivity contribution is -0.138. The first kappa shape index (κ1) is 27.2. The fraction of sp³-hybridized carbons (Fsp3) is 0.320. The van der Waals surface area contributed by atoms with E-state index < -0.39 is 11.7 Å². The summed E-state index contributed by atoms with van der Waals surface area (Å²) in [5, 5.41) is 5.62. The lowest BCUT2D eigenvalue weighted by Crippen LogP contribution is -2.34. The van der Waals surface area contributed by atoms with Crippen LogP contribution in [-0.2, 0) is 27.0 Å². The number of ether oxygens (including phenoxy) is 2. The molecule has 4 rings (SSSR count). The van der Waals surface area contributed by atoms with Crippen LogP contribution in [-0.4, -0.2) is 66.3 Å². The minimum absolute atomic E-state index is 0.0195. The fourth-order valence-corrected chi connectivity index (χ4v) is 4.96. The highest BCUT2D eigenvalue weighted by Crippen LogP contribution is 2.35. The zero-order valence-electron chi connectivity index (χ0n) is 20.1. The van der Waals surface area contributed by atoms with Gasteiger partial charge < -0.3 is 14.4 Å². The maximum absolute atomic E-state index is 13.5. The summed E-state index contributed by atoms with van der Waals surface area (Å²) >= 11 is 7.07. The Morgan fingerprint density at radius 3 is 2.51 bits per heavy atom. The largest absolute Gasteiger partial charge is 0.416 e. The van der Waals surface area contributed by atoms with Crippen molar-refractivity contribution in [1.29, 1.82) is 0 Å². The predicted molar refractivity (Wildman–Crippen MR) is 139 cm³/mol. The lowest BCUT2D eigenvalue weighted by atomic mass is 10.1. The Morgan fingerprint density at radius 2 is 1.84 bits per heavy atom. The number of amidine groups is 1. The summed E-state index contributed by atoms with van der Waals surface area (Å²) in [5.74, 6) is -0.335. The van der Waals surface area contributed by atoms with Crippen LogP contribution in [0.25, 0.3) is 17.0 Å². The molecule has 1 aromatic heterocycles. The lowest BCUT2D eigenvalue weighted by Gasteiger charge is -2.22. The van der Waals surface area contributed by atoms with E-state index in [9.17, 15) is 18.0 Å². The summed E-state index contributed by atoms with van der Waals surface area (Å²) in [5.41, 5.74) is 0.694. The van der Waals surface area contributed by atoms with Gasteiger partial charge in [0.25, 0.3) is 5.91 Å². The molecule has 196 valence electrons. The van der Waals surface area contributed by atoms with Crippen LogP contribution in [0.2, 0.25) is 5.02 Å². The second-order valence-electron chi connectivity index (χ2n) is 8.20. The fourth-order valence-electron chi connectivity index (χ4n) is 3.82. The molecule has 2 aromatic carbocycles. The van der Waals surface area contributed by atoms with Crippen LogP contribution in [0.5, 0.6) is 0 Å². The number of nitrogens with zero attached hydrogens (tertiary/aromatic N) is 4. The van der Waals surface area contributed by atoms with Crippen LogP contribution in [0.4, 0.5) is 13.2 Å². The molecule has 0 saturated carbocycles. The van der Waals surface area contributed by atoms with Crippen LogP contribution < -0.4 is 0 Å². The van der Waals surface area contributed by atoms with Crippen molar-refractivity contribution < 1.29 is 27.4 Å². The summed E-state index contributed by atoms with van der Waals surface area (Å²) in [7, 11) is 3.22. The highest BCUT2D eigenvalue weighted by atomic mass is 35.5. The number of benzene rings is 2. The molecular weight excluding hydrogens is 529 g/mol. The van der Waals surface area contributed by atoms with Gasteiger partial charge in [0.15, 0.2) is 5.17 Å². The monoisotopic (exact) mass is 552 g/mol. The highest BCUT2D eigenvalue weighted by molar-refractivity contribution is 8.18. The number of carbonyl (C=O) groups is 1. The van der Waals surface area contributed by atoms with Crippen molar-refractivity contribution in [3.63, 3.8) is 0 Å². The van der Waals surface area contributed by atoms with E-state index in [1.807, 2.05) is 11.0 Å². The third-order valence-corrected chi connectivity index (χ3v) is 6.95. The van der Waals surface area contributed by atoms with Gasteiger partial charge in [0, 0.05) is 37.7 Å². The maximum atomic E-state index is 13.5. The van der Waals surface area contributed by atoms with Gasteiger partial charge in [-0.3, -0.25) is 9.48 Å². The number of aromatic nitrogens is 2. The average Bonchev–Trinajstić information content (AvgIpc) is 3.42. The molecule has 0 spiro atoms. The zero-order valence-corrected chi connectivity index (χ0v) is 21.7. The van der Waals surface area contributed by atoms with Crippen LogP contribution >= 0.6 is 23.4 Å². The van der Waals surface area contributed by atoms with Gasteiger partial charge in [0.05, 0.1) is 41.9 Å². The average molecular weight is 553 g/mol. The summed E-state index contributed by atoms with van der Waals surface area (Å²) < 4.78 is 52.3. The van der Waals surface area contributed by atoms with Gasteiger partial charge in [-0.2, -0.15) is 23.3 Å². The van der Waals surface area contributed by atoms with E-state index in [0.29, 0.717) is 41.9 Å². The number of alkyl halides is 3. The highest BCUT2D eigenvalue weighted by Gasteiger charge is 2.33. The Morgan fingerprint density at radius 1 is 1.11 bits per heavy atom. The number of rotatable bonds is 9. The first-order valence-corrected chi connectivity index (χ1v) is 12.5. The molecule has 12 heteroatoms. The molecule has 1 aliphatic heterocycles. The standard InChI is InChI=1S/C25H24ClF3N4O3S/c1-35-9-7-32(8-10-36-2)24-31-23(34)22(37-24)12-16-3-6-21-18(11-16)14-30-33(21)15-17-4-5-19(26)13-20(17)25(27,28)29/h3-6,11-14H,7-10,15H2,1-2H3. The molecule has 2 heterocycles. The number of carbonyl (C=O) groups excluding carboxylic acids is 1. The van der Waals surface area contributed by atoms with Gasteiger partial charge in [-0.1, -0.05) is 23.7 Å². The number of amides is 1. The van der Waals surface area contributed by atoms with E-state index in [4.69, 9.17) is 21.1 Å². The molecule has 0 bridgehead atoms. The molecule has 7 nitrogen and oxygen atoms in total. The minimum atomic E-state index is -4.53. The smallest absolute Gasteiger partial charge is 0.383 e. The molecule has 0 unspecified atom stereocenters. The van der Waals surface area contributed by atoms with Gasteiger partial charge in [-0.25, -0.2) is 0 Å². The topological polar surface area (TPSA) is 69.0 Å². The molecule has 1 amide bonds. The second kappa shape index (κ2) is 11.7. The van der Waals surface area contributed by atoms with Crippen LogP contribution in [0.1, 0.15) is 16.7 Å². The quantitative estimate of drug-likeness (QED) is 0.335. The first-order valence-electron chi connectivity index (χ1n) is 11.3. The minimum Gasteiger partial charge on any atom is -0.383 e. The van der Waals surface area contributed by atoms with Gasteiger partial charge in [0.1, 0.15) is 0 Å². The number of hydrogen-bond donors (Lipinski definition) is 0. The Labute approximate surface area is 220 Å². The molecule has 0 saturated heterocycles. The van der Waals surface area contributed by atoms with Crippen molar-refractivity contribution >= 4 is 51.4 Å². The number of hydrogen-bond acceptors (Lipinski definition) is 6. The van der Waals surface area contributed by atoms with E-state index in [-0.39, 0.29) is 23.0 Å². The van der Waals surface area contributed by atoms with Gasteiger partial charge in [-0.05, 0) is 53.2 Å². The van der Waals surface area contributed by atoms with E-state index in [1.165, 1.54) is 28.6 Å². The van der Waals surface area contributed by atoms with Crippen LogP contribution in [0.3, 0.4) is 0 Å². The third-order valence-electron chi connectivity index (χ3n) is 5.67. The van der Waals surface area contributed by atoms with Gasteiger partial charge >= 0.3 is 6.18 Å². The molecule has 37 heavy (non-hydrogen) atoms. The van der Waals surface area contributed by atoms with Crippen molar-refractivity contribution in [1.82, 2.24) is 14.7 Å². The number of halogens is 4. The van der Waals surface area contributed by atoms with E-state index >= 15 is 0 Å². The summed E-state index contributed by atoms with van der Waals surface area (Å²) in [4.78, 5) is 19.2. The Balaban J connectivity index is 1.54. The maximum Gasteiger partial charge on any atom is 0.416 e. The third kappa shape index (κ3) is 6.53. The van der Waals surface area contributed by atoms with E-state index in [2.05, 4.69) is 10.1 Å². The van der Waals surface area contributed by atoms with Crippen LogP contribution in [0, 0.1) is 0 Å². The molecular formula is C25H24ClF3N4O3S. The molecule has 0 fully saturated rings. The van der Waals surface area contributed by atoms with Crippen molar-refractivity contribution in [2.45, 2.75) is 12.7 Å². The molecule has 1 aliphatic rings. The normalized spacial score (nSPS) is 15.1. The Kier molecular flexibility index (Phi) is 8.58. The second-order valence-corrected chi connectivity index (χ2v) is 9.65. The molecule has 0 aliphatic carbocycles. The summed E-state index contributed by atoms with van der Waals surface area (Å²) in [6, 6.07) is 9.11. The number of thioether (sulfide) groups is 1. The van der Waals surface area contributed by atoms with Crippen LogP contribution in [0.15, 0.2) is 52.5 Å². The first-order chi connectivity index (χ1) is 17.7. The molecule has 0 radical (unpaired) electrons. The number of aliphatic imine (C=N–C) groups is 1. The van der Waals surface area contributed by atoms with Crippen molar-refractivity contribution in [3.05, 3.63) is 69.2 Å². The van der Waals surface area contributed by atoms with Crippen molar-refractivity contribution in [2.24, 2.45) is 4.99 Å². The number of fused-ring (bicyclic) bond motifs is 1. The molecule has 3 aromatic rings. The van der Waals surface area contributed by atoms with Crippen molar-refractivity contribution in [3.8, 4) is 0 Å². The Bertz CT molecular complexity index is 1350. The molecule has 0 N–H and O–H groups in total. The number of methoxy groups -OCH3 is 2. The zero-order chi connectivity index (χ0) is 26.6. The van der Waals surface area contributed by atoms with E-state index in [1.54, 1.807) is 38.6 Å². The summed E-state index contributed by atoms with van der Waals surface area (Å²) in [6.45, 7) is 2.04. The predicted octanol–water partition coefficient (Wildman–Crippen LogP) is 5.32. The molecule has 0 atom stereocenters. The van der Waals surface area contributed by atoms with Crippen molar-refractivity contribution in [2.75, 3.05) is 40.5 Å². The van der Waals surface area contributed by atoms with Gasteiger partial charge in [-0.15, -0.1) is 0 Å².